The standard InChI is InChI=1S/C14H19FN2O2/c15-12-4-1-3-10(14(12)19)9-16-8-2-5-13(18)17-11-6-7-11/h1,3-4,11,16,19H,2,5-9H2,(H,17,18). The first-order chi connectivity index (χ1) is 9.16. The van der Waals surface area contributed by atoms with Gasteiger partial charge >= 0.3 is 0 Å². The van der Waals surface area contributed by atoms with Gasteiger partial charge in [-0.15, -0.1) is 0 Å². The Labute approximate surface area is 112 Å². The van der Waals surface area contributed by atoms with E-state index in [9.17, 15) is 14.3 Å². The molecule has 0 heterocycles. The molecule has 104 valence electrons. The van der Waals surface area contributed by atoms with Crippen LogP contribution in [0.5, 0.6) is 5.75 Å². The first kappa shape index (κ1) is 13.8. The third-order valence-electron chi connectivity index (χ3n) is 3.09. The van der Waals surface area contributed by atoms with E-state index >= 15 is 0 Å². The fourth-order valence-electron chi connectivity index (χ4n) is 1.83. The lowest BCUT2D eigenvalue weighted by atomic mass is 10.2. The number of amides is 1. The zero-order valence-electron chi connectivity index (χ0n) is 10.8. The van der Waals surface area contributed by atoms with Crippen LogP contribution in [0, 0.1) is 5.82 Å². The third-order valence-corrected chi connectivity index (χ3v) is 3.09. The van der Waals surface area contributed by atoms with Gasteiger partial charge in [0.2, 0.25) is 5.91 Å². The normalized spacial score (nSPS) is 14.4. The molecule has 0 aromatic heterocycles. The number of halogens is 1. The van der Waals surface area contributed by atoms with Crippen LogP contribution in [0.25, 0.3) is 0 Å². The molecule has 1 aromatic carbocycles. The second-order valence-electron chi connectivity index (χ2n) is 4.87. The highest BCUT2D eigenvalue weighted by Crippen LogP contribution is 2.20. The Bertz CT molecular complexity index is 447. The molecule has 1 aliphatic rings. The first-order valence-corrected chi connectivity index (χ1v) is 6.63. The first-order valence-electron chi connectivity index (χ1n) is 6.63. The number of carbonyl (C=O) groups excluding carboxylic acids is 1. The Morgan fingerprint density at radius 2 is 2.21 bits per heavy atom. The predicted molar refractivity (Wildman–Crippen MR) is 70.2 cm³/mol. The van der Waals surface area contributed by atoms with Crippen molar-refractivity contribution in [2.75, 3.05) is 6.54 Å². The molecule has 0 unspecified atom stereocenters. The number of phenolic OH excluding ortho intramolecular Hbond substituents is 1. The summed E-state index contributed by atoms with van der Waals surface area (Å²) < 4.78 is 13.1. The smallest absolute Gasteiger partial charge is 0.220 e. The van der Waals surface area contributed by atoms with Crippen LogP contribution in [-0.2, 0) is 11.3 Å². The highest BCUT2D eigenvalue weighted by atomic mass is 19.1. The van der Waals surface area contributed by atoms with Gasteiger partial charge in [-0.1, -0.05) is 12.1 Å². The van der Waals surface area contributed by atoms with Crippen LogP contribution >= 0.6 is 0 Å². The van der Waals surface area contributed by atoms with Gasteiger partial charge in [0, 0.05) is 24.6 Å². The van der Waals surface area contributed by atoms with Crippen LogP contribution in [0.1, 0.15) is 31.2 Å². The summed E-state index contributed by atoms with van der Waals surface area (Å²) in [5.41, 5.74) is 0.530. The number of phenols is 1. The number of carbonyl (C=O) groups is 1. The van der Waals surface area contributed by atoms with E-state index in [0.29, 0.717) is 31.1 Å². The van der Waals surface area contributed by atoms with Gasteiger partial charge in [-0.25, -0.2) is 4.39 Å². The van der Waals surface area contributed by atoms with E-state index in [1.165, 1.54) is 6.07 Å². The molecule has 3 N–H and O–H groups in total. The molecular weight excluding hydrogens is 247 g/mol. The van der Waals surface area contributed by atoms with Gasteiger partial charge in [0.1, 0.15) is 0 Å². The van der Waals surface area contributed by atoms with Crippen molar-refractivity contribution in [3.05, 3.63) is 29.6 Å². The molecule has 1 aliphatic carbocycles. The minimum Gasteiger partial charge on any atom is -0.505 e. The molecule has 1 fully saturated rings. The average molecular weight is 266 g/mol. The molecule has 0 bridgehead atoms. The quantitative estimate of drug-likeness (QED) is 0.658. The van der Waals surface area contributed by atoms with Gasteiger partial charge in [-0.05, 0) is 31.9 Å². The van der Waals surface area contributed by atoms with Crippen molar-refractivity contribution in [3.8, 4) is 5.75 Å². The topological polar surface area (TPSA) is 61.4 Å². The van der Waals surface area contributed by atoms with Crippen molar-refractivity contribution in [2.45, 2.75) is 38.3 Å². The summed E-state index contributed by atoms with van der Waals surface area (Å²) in [5, 5.41) is 15.5. The molecule has 5 heteroatoms. The molecule has 0 saturated heterocycles. The van der Waals surface area contributed by atoms with Gasteiger partial charge in [-0.3, -0.25) is 4.79 Å². The van der Waals surface area contributed by atoms with Gasteiger partial charge in [0.25, 0.3) is 0 Å². The molecule has 4 nitrogen and oxygen atoms in total. The summed E-state index contributed by atoms with van der Waals surface area (Å²) in [6.45, 7) is 1.06. The molecule has 2 rings (SSSR count). The van der Waals surface area contributed by atoms with Crippen molar-refractivity contribution in [3.63, 3.8) is 0 Å². The van der Waals surface area contributed by atoms with Gasteiger partial charge in [0.15, 0.2) is 11.6 Å². The van der Waals surface area contributed by atoms with Crippen molar-refractivity contribution in [1.82, 2.24) is 10.6 Å². The lowest BCUT2D eigenvalue weighted by Gasteiger charge is -2.07. The lowest BCUT2D eigenvalue weighted by molar-refractivity contribution is -0.121. The van der Waals surface area contributed by atoms with Crippen LogP contribution in [0.3, 0.4) is 0 Å². The van der Waals surface area contributed by atoms with E-state index in [1.807, 2.05) is 0 Å². The van der Waals surface area contributed by atoms with E-state index in [4.69, 9.17) is 0 Å². The van der Waals surface area contributed by atoms with Gasteiger partial charge in [0.05, 0.1) is 0 Å². The molecule has 19 heavy (non-hydrogen) atoms. The number of hydrogen-bond acceptors (Lipinski definition) is 3. The zero-order valence-corrected chi connectivity index (χ0v) is 10.8. The fraction of sp³-hybridized carbons (Fsp3) is 0.500. The molecule has 0 aliphatic heterocycles. The number of benzene rings is 1. The SMILES string of the molecule is O=C(CCCNCc1cccc(F)c1O)NC1CC1. The molecule has 1 aromatic rings. The Morgan fingerprint density at radius 1 is 1.42 bits per heavy atom. The molecule has 0 radical (unpaired) electrons. The summed E-state index contributed by atoms with van der Waals surface area (Å²) in [6, 6.07) is 4.87. The van der Waals surface area contributed by atoms with E-state index < -0.39 is 5.82 Å². The number of nitrogens with one attached hydrogen (secondary N) is 2. The summed E-state index contributed by atoms with van der Waals surface area (Å²) in [6.07, 6.45) is 3.43. The summed E-state index contributed by atoms with van der Waals surface area (Å²) >= 11 is 0. The fourth-order valence-corrected chi connectivity index (χ4v) is 1.83. The Kier molecular flexibility index (Phi) is 4.74. The second-order valence-corrected chi connectivity index (χ2v) is 4.87. The highest BCUT2D eigenvalue weighted by Gasteiger charge is 2.22. The highest BCUT2D eigenvalue weighted by molar-refractivity contribution is 5.76. The van der Waals surface area contributed by atoms with Crippen LogP contribution in [0.2, 0.25) is 0 Å². The lowest BCUT2D eigenvalue weighted by Crippen LogP contribution is -2.26. The Morgan fingerprint density at radius 3 is 2.95 bits per heavy atom. The molecule has 1 amide bonds. The van der Waals surface area contributed by atoms with Crippen LogP contribution < -0.4 is 10.6 Å². The predicted octanol–water partition coefficient (Wildman–Crippen LogP) is 1.68. The van der Waals surface area contributed by atoms with Crippen molar-refractivity contribution < 1.29 is 14.3 Å². The average Bonchev–Trinajstić information content (AvgIpc) is 3.18. The van der Waals surface area contributed by atoms with Crippen LogP contribution in [0.4, 0.5) is 4.39 Å². The monoisotopic (exact) mass is 266 g/mol. The summed E-state index contributed by atoms with van der Waals surface area (Å²) in [5.74, 6) is -0.817. The minimum atomic E-state index is -0.608. The maximum atomic E-state index is 13.1. The Hall–Kier alpha value is -1.62. The van der Waals surface area contributed by atoms with Crippen LogP contribution in [-0.4, -0.2) is 23.6 Å². The zero-order chi connectivity index (χ0) is 13.7. The number of para-hydroxylation sites is 1. The second kappa shape index (κ2) is 6.52. The summed E-state index contributed by atoms with van der Waals surface area (Å²) in [7, 11) is 0. The van der Waals surface area contributed by atoms with E-state index in [-0.39, 0.29) is 11.7 Å². The Balaban J connectivity index is 1.60. The van der Waals surface area contributed by atoms with Crippen LogP contribution in [0.15, 0.2) is 18.2 Å². The molecular formula is C14H19FN2O2. The van der Waals surface area contributed by atoms with E-state index in [1.54, 1.807) is 12.1 Å². The van der Waals surface area contributed by atoms with Gasteiger partial charge < -0.3 is 15.7 Å². The van der Waals surface area contributed by atoms with Crippen molar-refractivity contribution in [1.29, 1.82) is 0 Å². The molecule has 0 atom stereocenters. The summed E-state index contributed by atoms with van der Waals surface area (Å²) in [4.78, 5) is 11.4. The minimum absolute atomic E-state index is 0.0953. The largest absolute Gasteiger partial charge is 0.505 e. The third kappa shape index (κ3) is 4.52. The van der Waals surface area contributed by atoms with Gasteiger partial charge in [-0.2, -0.15) is 0 Å². The van der Waals surface area contributed by atoms with E-state index in [2.05, 4.69) is 10.6 Å². The van der Waals surface area contributed by atoms with Crippen molar-refractivity contribution >= 4 is 5.91 Å². The number of aromatic hydroxyl groups is 1. The molecule has 0 spiro atoms. The van der Waals surface area contributed by atoms with Crippen molar-refractivity contribution in [2.24, 2.45) is 0 Å². The number of hydrogen-bond donors (Lipinski definition) is 3. The number of rotatable bonds is 7. The maximum absolute atomic E-state index is 13.1. The maximum Gasteiger partial charge on any atom is 0.220 e. The molecule has 1 saturated carbocycles. The van der Waals surface area contributed by atoms with E-state index in [0.717, 1.165) is 19.3 Å².